The molecular weight excluding hydrogens is 440 g/mol. The van der Waals surface area contributed by atoms with Gasteiger partial charge in [-0.2, -0.15) is 0 Å². The molecule has 2 aromatic carbocycles. The number of fused-ring (bicyclic) bond motifs is 3. The Morgan fingerprint density at radius 3 is 2.35 bits per heavy atom. The maximum absolute atomic E-state index is 13.6. The number of benzene rings is 2. The molecule has 174 valence electrons. The Labute approximate surface area is 193 Å². The summed E-state index contributed by atoms with van der Waals surface area (Å²) >= 11 is 0. The van der Waals surface area contributed by atoms with Crippen LogP contribution < -0.4 is 11.5 Å². The number of Topliss-reactive ketones (excluding diaryl/α,β-unsaturated/α-hetero) is 2. The lowest BCUT2D eigenvalue weighted by molar-refractivity contribution is -0.146. The predicted molar refractivity (Wildman–Crippen MR) is 120 cm³/mol. The second-order valence-corrected chi connectivity index (χ2v) is 9.11. The molecule has 0 spiro atoms. The molecule has 34 heavy (non-hydrogen) atoms. The van der Waals surface area contributed by atoms with Gasteiger partial charge in [0.15, 0.2) is 5.78 Å². The van der Waals surface area contributed by atoms with E-state index in [0.29, 0.717) is 11.1 Å². The zero-order valence-corrected chi connectivity index (χ0v) is 17.9. The summed E-state index contributed by atoms with van der Waals surface area (Å²) in [6.07, 6.45) is -0.483. The number of hydrogen-bond acceptors (Lipinski definition) is 8. The molecule has 3 aliphatic carbocycles. The number of allylic oxidation sites excluding steroid dienone is 1. The molecule has 9 heteroatoms. The van der Waals surface area contributed by atoms with E-state index in [1.54, 1.807) is 6.07 Å². The number of primary amides is 1. The van der Waals surface area contributed by atoms with E-state index in [9.17, 15) is 34.8 Å². The Bertz CT molecular complexity index is 1360. The van der Waals surface area contributed by atoms with Gasteiger partial charge in [-0.05, 0) is 41.5 Å². The van der Waals surface area contributed by atoms with Crippen molar-refractivity contribution in [3.8, 4) is 16.9 Å². The molecule has 9 nitrogen and oxygen atoms in total. The van der Waals surface area contributed by atoms with Crippen molar-refractivity contribution in [1.82, 2.24) is 0 Å². The van der Waals surface area contributed by atoms with Gasteiger partial charge in [0.1, 0.15) is 22.8 Å². The number of aliphatic hydroxyl groups is 3. The van der Waals surface area contributed by atoms with Crippen molar-refractivity contribution < 1.29 is 34.8 Å². The zero-order chi connectivity index (χ0) is 24.6. The van der Waals surface area contributed by atoms with Crippen LogP contribution in [0.25, 0.3) is 11.1 Å². The topological polar surface area (TPSA) is 184 Å². The van der Waals surface area contributed by atoms with Crippen LogP contribution in [-0.4, -0.2) is 49.0 Å². The highest BCUT2D eigenvalue weighted by atomic mass is 16.4. The number of ketones is 2. The molecule has 0 saturated carbocycles. The third-order valence-corrected chi connectivity index (χ3v) is 7.21. The van der Waals surface area contributed by atoms with Crippen LogP contribution in [0.15, 0.2) is 65.1 Å². The van der Waals surface area contributed by atoms with Crippen LogP contribution in [0, 0.1) is 5.92 Å². The lowest BCUT2D eigenvalue weighted by Crippen LogP contribution is -2.71. The number of carbonyl (C=O) groups is 3. The second kappa shape index (κ2) is 7.02. The van der Waals surface area contributed by atoms with Crippen molar-refractivity contribution in [3.63, 3.8) is 0 Å². The van der Waals surface area contributed by atoms with Gasteiger partial charge < -0.3 is 31.9 Å². The number of phenolic OH excluding ortho intramolecular Hbond substituents is 1. The van der Waals surface area contributed by atoms with Crippen molar-refractivity contribution in [2.45, 2.75) is 30.4 Å². The monoisotopic (exact) mass is 462 g/mol. The van der Waals surface area contributed by atoms with E-state index in [4.69, 9.17) is 11.5 Å². The summed E-state index contributed by atoms with van der Waals surface area (Å²) in [5, 5.41) is 43.4. The Hall–Kier alpha value is -3.95. The highest BCUT2D eigenvalue weighted by Crippen LogP contribution is 2.53. The Morgan fingerprint density at radius 1 is 1.03 bits per heavy atom. The number of aromatic hydroxyl groups is 1. The third-order valence-electron chi connectivity index (χ3n) is 7.21. The highest BCUT2D eigenvalue weighted by Gasteiger charge is 2.66. The number of amides is 1. The summed E-state index contributed by atoms with van der Waals surface area (Å²) in [7, 11) is 0. The molecule has 8 N–H and O–H groups in total. The lowest BCUT2D eigenvalue weighted by atomic mass is 9.56. The average molecular weight is 462 g/mol. The molecule has 2 aromatic rings. The van der Waals surface area contributed by atoms with E-state index in [1.165, 1.54) is 6.07 Å². The quantitative estimate of drug-likeness (QED) is 0.361. The summed E-state index contributed by atoms with van der Waals surface area (Å²) in [6.45, 7) is 0. The largest absolute Gasteiger partial charge is 0.511 e. The molecule has 0 unspecified atom stereocenters. The Morgan fingerprint density at radius 2 is 1.71 bits per heavy atom. The molecule has 5 rings (SSSR count). The van der Waals surface area contributed by atoms with E-state index in [0.717, 1.165) is 5.56 Å². The van der Waals surface area contributed by atoms with Crippen LogP contribution >= 0.6 is 0 Å². The van der Waals surface area contributed by atoms with E-state index in [1.807, 2.05) is 30.3 Å². The van der Waals surface area contributed by atoms with Crippen molar-refractivity contribution in [1.29, 1.82) is 0 Å². The van der Waals surface area contributed by atoms with Crippen molar-refractivity contribution in [2.24, 2.45) is 17.4 Å². The SMILES string of the molecule is NC(=O)C1=C(O)C[C@]2(N)C[C@@H]3Cc4c(-c5ccccc5)ccc(O)c4C(=O)C3=C(O)[C@]2(O)C1=O. The molecule has 0 bridgehead atoms. The molecule has 3 aliphatic rings. The Balaban J connectivity index is 1.73. The summed E-state index contributed by atoms with van der Waals surface area (Å²) in [4.78, 5) is 38.4. The Kier molecular flexibility index (Phi) is 4.52. The van der Waals surface area contributed by atoms with Gasteiger partial charge in [0.2, 0.25) is 11.4 Å². The maximum atomic E-state index is 13.6. The number of hydrogen-bond donors (Lipinski definition) is 6. The van der Waals surface area contributed by atoms with Gasteiger partial charge in [-0.15, -0.1) is 0 Å². The number of nitrogens with two attached hydrogens (primary N) is 2. The first-order chi connectivity index (χ1) is 16.0. The zero-order valence-electron chi connectivity index (χ0n) is 17.9. The average Bonchev–Trinajstić information content (AvgIpc) is 2.77. The van der Waals surface area contributed by atoms with Crippen LogP contribution in [-0.2, 0) is 16.0 Å². The van der Waals surface area contributed by atoms with Crippen LogP contribution in [0.1, 0.15) is 28.8 Å². The molecular formula is C25H22N2O7. The first kappa shape index (κ1) is 21.9. The first-order valence-electron chi connectivity index (χ1n) is 10.7. The standard InChI is InChI=1S/C25H22N2O7/c26-23(33)19-16(29)10-24(27)9-12-8-14-13(11-4-2-1-3-5-11)6-7-15(28)18(14)20(30)17(12)21(31)25(24,34)22(19)32/h1-7,12,28-29,31,34H,8-10,27H2,(H2,26,33)/t12-,24+,25-/m0/s1. The normalized spacial score (nSPS) is 28.4. The van der Waals surface area contributed by atoms with Gasteiger partial charge in [-0.25, -0.2) is 0 Å². The molecule has 1 amide bonds. The fourth-order valence-corrected chi connectivity index (χ4v) is 5.64. The number of aliphatic hydroxyl groups excluding tert-OH is 2. The van der Waals surface area contributed by atoms with Crippen molar-refractivity contribution in [3.05, 3.63) is 76.3 Å². The van der Waals surface area contributed by atoms with Crippen LogP contribution in [0.2, 0.25) is 0 Å². The van der Waals surface area contributed by atoms with E-state index in [-0.39, 0.29) is 29.7 Å². The van der Waals surface area contributed by atoms with E-state index >= 15 is 0 Å². The molecule has 0 saturated heterocycles. The molecule has 0 aliphatic heterocycles. The maximum Gasteiger partial charge on any atom is 0.255 e. The number of phenols is 1. The molecule has 0 aromatic heterocycles. The van der Waals surface area contributed by atoms with Gasteiger partial charge in [-0.3, -0.25) is 14.4 Å². The van der Waals surface area contributed by atoms with Gasteiger partial charge in [0.25, 0.3) is 5.91 Å². The number of rotatable bonds is 2. The minimum absolute atomic E-state index is 0.0379. The summed E-state index contributed by atoms with van der Waals surface area (Å²) in [6, 6.07) is 12.3. The second-order valence-electron chi connectivity index (χ2n) is 9.11. The minimum Gasteiger partial charge on any atom is -0.511 e. The van der Waals surface area contributed by atoms with Crippen LogP contribution in [0.5, 0.6) is 5.75 Å². The summed E-state index contributed by atoms with van der Waals surface area (Å²) < 4.78 is 0. The van der Waals surface area contributed by atoms with Crippen LogP contribution in [0.4, 0.5) is 0 Å². The molecule has 3 atom stereocenters. The minimum atomic E-state index is -2.84. The van der Waals surface area contributed by atoms with Gasteiger partial charge in [0.05, 0.1) is 11.1 Å². The fraction of sp³-hybridized carbons (Fsp3) is 0.240. The number of carbonyl (C=O) groups excluding carboxylic acids is 3. The third kappa shape index (κ3) is 2.65. The molecule has 0 fully saturated rings. The van der Waals surface area contributed by atoms with Crippen molar-refractivity contribution in [2.75, 3.05) is 0 Å². The first-order valence-corrected chi connectivity index (χ1v) is 10.7. The fourth-order valence-electron chi connectivity index (χ4n) is 5.64. The van der Waals surface area contributed by atoms with Crippen molar-refractivity contribution >= 4 is 17.5 Å². The highest BCUT2D eigenvalue weighted by molar-refractivity contribution is 6.25. The van der Waals surface area contributed by atoms with Crippen LogP contribution in [0.3, 0.4) is 0 Å². The summed E-state index contributed by atoms with van der Waals surface area (Å²) in [5.41, 5.74) is 7.80. The lowest BCUT2D eigenvalue weighted by Gasteiger charge is -2.51. The van der Waals surface area contributed by atoms with Gasteiger partial charge in [0, 0.05) is 12.0 Å². The predicted octanol–water partition coefficient (Wildman–Crippen LogP) is 1.33. The molecule has 0 radical (unpaired) electrons. The van der Waals surface area contributed by atoms with E-state index in [2.05, 4.69) is 0 Å². The summed E-state index contributed by atoms with van der Waals surface area (Å²) in [5.74, 6) is -6.08. The smallest absolute Gasteiger partial charge is 0.255 e. The van der Waals surface area contributed by atoms with Gasteiger partial charge in [-0.1, -0.05) is 36.4 Å². The molecule has 0 heterocycles. The van der Waals surface area contributed by atoms with E-state index < -0.39 is 58.0 Å². The van der Waals surface area contributed by atoms with Gasteiger partial charge >= 0.3 is 0 Å².